The molecule has 11 fully saturated rings. The summed E-state index contributed by atoms with van der Waals surface area (Å²) >= 11 is 0. The van der Waals surface area contributed by atoms with Crippen LogP contribution in [-0.4, -0.2) is 285 Å². The number of aliphatic hydroxyl groups excluding tert-OH is 1. The van der Waals surface area contributed by atoms with Gasteiger partial charge in [-0.15, -0.1) is 0 Å². The van der Waals surface area contributed by atoms with Crippen LogP contribution in [0.25, 0.3) is 0 Å². The topological polar surface area (TPSA) is 161 Å². The molecule has 0 aromatic rings. The van der Waals surface area contributed by atoms with Crippen molar-refractivity contribution in [1.82, 2.24) is 44.1 Å². The summed E-state index contributed by atoms with van der Waals surface area (Å²) in [5, 5.41) is 18.5. The van der Waals surface area contributed by atoms with Crippen molar-refractivity contribution in [3.63, 3.8) is 0 Å². The zero-order valence-electron chi connectivity index (χ0n) is 99.1. The highest BCUT2D eigenvalue weighted by Gasteiger charge is 2.44. The molecule has 20 unspecified atom stereocenters. The van der Waals surface area contributed by atoms with E-state index < -0.39 is 0 Å². The molecule has 9 aliphatic heterocycles. The van der Waals surface area contributed by atoms with E-state index >= 15 is 0 Å². The molecule has 2 aliphatic carbocycles. The molecule has 20 atom stereocenters. The molecule has 11 aliphatic rings. The number of methoxy groups -OCH3 is 1. The van der Waals surface area contributed by atoms with Crippen LogP contribution in [0.4, 0.5) is 0 Å². The summed E-state index contributed by atoms with van der Waals surface area (Å²) in [6, 6.07) is 2.44. The molecule has 11 rings (SSSR count). The lowest BCUT2D eigenvalue weighted by Crippen LogP contribution is -2.52. The van der Waals surface area contributed by atoms with Gasteiger partial charge >= 0.3 is 5.97 Å². The number of β-amino-alcohol motifs (C(OH)–C–C–N with tert-alkyl or cyclic N) is 1. The van der Waals surface area contributed by atoms with Gasteiger partial charge in [-0.1, -0.05) is 241 Å². The second-order valence-electron chi connectivity index (χ2n) is 57.2. The van der Waals surface area contributed by atoms with Crippen molar-refractivity contribution in [2.24, 2.45) is 149 Å². The van der Waals surface area contributed by atoms with Gasteiger partial charge in [0.15, 0.2) is 0 Å². The number of likely N-dealkylation sites (tertiary alicyclic amines) is 9. The molecule has 9 heterocycles. The maximum absolute atomic E-state index is 12.3. The fraction of sp³-hybridized carbons (Fsp3) is 0.966. The van der Waals surface area contributed by atoms with Crippen LogP contribution in [0.5, 0.6) is 0 Å². The number of likely N-dealkylation sites (N-methyl/N-ethyl adjacent to an activating group) is 4. The molecule has 0 radical (unpaired) electrons. The number of ether oxygens (including phenoxy) is 4. The Bertz CT molecular complexity index is 3260. The number of rotatable bonds is 8. The Morgan fingerprint density at radius 3 is 1.07 bits per heavy atom. The molecule has 1 N–H and O–H groups in total. The van der Waals surface area contributed by atoms with Crippen LogP contribution in [0.1, 0.15) is 372 Å². The fourth-order valence-corrected chi connectivity index (χ4v) is 22.6. The smallest absolute Gasteiger partial charge is 0.310 e. The van der Waals surface area contributed by atoms with E-state index in [1.165, 1.54) is 110 Å². The quantitative estimate of drug-likeness (QED) is 0.228. The lowest BCUT2D eigenvalue weighted by molar-refractivity contribution is -0.151. The van der Waals surface area contributed by atoms with Crippen molar-refractivity contribution in [3.05, 3.63) is 0 Å². The minimum Gasteiger partial charge on any atom is -0.466 e. The molecule has 9 saturated heterocycles. The Hall–Kier alpha value is -2.54. The zero-order chi connectivity index (χ0) is 105. The molecule has 0 aromatic carbocycles. The summed E-state index contributed by atoms with van der Waals surface area (Å²) in [7, 11) is 17.0. The van der Waals surface area contributed by atoms with Crippen LogP contribution in [0.15, 0.2) is 0 Å². The second-order valence-corrected chi connectivity index (χ2v) is 57.2. The van der Waals surface area contributed by atoms with Gasteiger partial charge in [0, 0.05) is 138 Å². The van der Waals surface area contributed by atoms with Crippen LogP contribution in [0, 0.1) is 160 Å². The van der Waals surface area contributed by atoms with Crippen molar-refractivity contribution >= 4 is 17.8 Å². The van der Waals surface area contributed by atoms with Crippen molar-refractivity contribution in [2.45, 2.75) is 403 Å². The maximum Gasteiger partial charge on any atom is 0.310 e. The first kappa shape index (κ1) is 130. The number of carbonyl (C=O) groups is 3. The molecule has 2 amide bonds. The number of hydrogen-bond acceptors (Lipinski definition) is 16. The van der Waals surface area contributed by atoms with Crippen LogP contribution in [0.3, 0.4) is 0 Å². The minimum atomic E-state index is -0.118. The Morgan fingerprint density at radius 2 is 0.706 bits per heavy atom. The van der Waals surface area contributed by atoms with E-state index in [-0.39, 0.29) is 35.2 Å². The molecule has 2 saturated carbocycles. The van der Waals surface area contributed by atoms with Crippen molar-refractivity contribution < 1.29 is 38.4 Å². The predicted octanol–water partition coefficient (Wildman–Crippen LogP) is 24.9. The Morgan fingerprint density at radius 1 is 0.346 bits per heavy atom. The van der Waals surface area contributed by atoms with E-state index in [1.807, 2.05) is 23.8 Å². The van der Waals surface area contributed by atoms with E-state index in [9.17, 15) is 19.5 Å². The number of piperidine rings is 8. The average Bonchev–Trinajstić information content (AvgIpc) is 0.800. The third kappa shape index (κ3) is 51.0. The van der Waals surface area contributed by atoms with Gasteiger partial charge in [0.05, 0.1) is 55.0 Å². The van der Waals surface area contributed by atoms with Gasteiger partial charge in [0.2, 0.25) is 11.8 Å². The number of aliphatic hydroxyl groups is 1. The largest absolute Gasteiger partial charge is 0.466 e. The molecule has 0 spiro atoms. The van der Waals surface area contributed by atoms with Gasteiger partial charge in [-0.05, 0) is 311 Å². The molecular formula is C118H234N10O8. The summed E-state index contributed by atoms with van der Waals surface area (Å²) in [5.74, 6) is 11.0. The highest BCUT2D eigenvalue weighted by molar-refractivity contribution is 5.80. The number of amides is 2. The normalized spacial score (nSPS) is 31.1. The fourth-order valence-electron chi connectivity index (χ4n) is 22.6. The van der Waals surface area contributed by atoms with Crippen molar-refractivity contribution in [2.75, 3.05) is 187 Å². The van der Waals surface area contributed by atoms with Gasteiger partial charge in [0.25, 0.3) is 0 Å². The van der Waals surface area contributed by atoms with Crippen LogP contribution in [0.2, 0.25) is 0 Å². The van der Waals surface area contributed by atoms with E-state index in [1.54, 1.807) is 6.92 Å². The Labute approximate surface area is 845 Å². The Balaban J connectivity index is 0.000000512. The number of hydrogen-bond donors (Lipinski definition) is 1. The van der Waals surface area contributed by atoms with E-state index in [0.29, 0.717) is 121 Å². The molecule has 136 heavy (non-hydrogen) atoms. The zero-order valence-corrected chi connectivity index (χ0v) is 99.1. The molecule has 0 bridgehead atoms. The van der Waals surface area contributed by atoms with Crippen LogP contribution < -0.4 is 0 Å². The summed E-state index contributed by atoms with van der Waals surface area (Å²) in [6.45, 7) is 107. The lowest BCUT2D eigenvalue weighted by Gasteiger charge is -2.44. The lowest BCUT2D eigenvalue weighted by atomic mass is 9.66. The van der Waals surface area contributed by atoms with E-state index in [2.05, 4.69) is 339 Å². The molecule has 804 valence electrons. The number of nitriles is 1. The van der Waals surface area contributed by atoms with Gasteiger partial charge in [-0.2, -0.15) is 5.26 Å². The van der Waals surface area contributed by atoms with Crippen molar-refractivity contribution in [1.29, 1.82) is 5.26 Å². The first-order chi connectivity index (χ1) is 62.0. The summed E-state index contributed by atoms with van der Waals surface area (Å²) in [6.07, 6.45) is 22.8. The molecule has 18 heteroatoms. The van der Waals surface area contributed by atoms with E-state index in [4.69, 9.17) is 24.2 Å². The number of nitrogens with zero attached hydrogens (tertiary/aromatic N) is 10. The first-order valence-corrected chi connectivity index (χ1v) is 55.4. The van der Waals surface area contributed by atoms with Gasteiger partial charge < -0.3 is 68.2 Å². The van der Waals surface area contributed by atoms with Gasteiger partial charge in [-0.25, -0.2) is 0 Å². The minimum absolute atomic E-state index is 0.0247. The number of esters is 1. The Kier molecular flexibility index (Phi) is 55.4. The van der Waals surface area contributed by atoms with Gasteiger partial charge in [-0.3, -0.25) is 14.4 Å². The average molecular weight is 1920 g/mol. The standard InChI is InChI=1S/C14H26N2O.C13H25NO2.C13H27NO.C12H23NO.C12H25NO.C12H21N.C11H23NO.C11H22.C10H21NO.C10H21N/c1-14(2,3)12-8-11(9-15(4)10-12)13(17)16-6-5-7-16;1-6-16-12(15)10-7-11(13(2,3)4)9-14(5)8-10;1-10(2)15-12-7-11(13(3,4)5)8-14(6)9-12;1-9-6-11(12(3,4)5)8-13(7-9)10(2)14;1-6-14-11-7-10(12(2,3)4)8-13(5)9-11;1-9-5-10(8-13)7-11(6-9)12(2,3)4;1-11(2,3)9-6-10(13-5)8-12(4)7-9;1-9-6-5-7-10(8-9)11(2,3)4;1-10(2,3)8-5-9(12)7-11(4)6-8;1-10(2,3)9-6-5-7-11(4)8-9/h11-12H,5-10H2,1-4H3;10-11H,6-9H2,1-5H3;10-12H,7-9H2,1-6H3;9,11H,6-8H2,1-5H3;10-11H,6-9H2,1-5H3;9-11H,5-7H2,1-4H3;9-10H,6-8H2,1-5H3;9-10H,5-8H2,1-4H3;8-9,12H,5-7H2,1-4H3;9H,5-8H2,1-4H3. The summed E-state index contributed by atoms with van der Waals surface area (Å²) in [4.78, 5) is 55.9. The second kappa shape index (κ2) is 58.1. The monoisotopic (exact) mass is 1920 g/mol. The van der Waals surface area contributed by atoms with E-state index in [0.717, 1.165) is 171 Å². The third-order valence-electron chi connectivity index (χ3n) is 33.0. The first-order valence-electron chi connectivity index (χ1n) is 55.4. The van der Waals surface area contributed by atoms with Crippen LogP contribution in [-0.2, 0) is 33.3 Å². The molecule has 18 nitrogen and oxygen atoms in total. The summed E-state index contributed by atoms with van der Waals surface area (Å²) < 4.78 is 22.3. The van der Waals surface area contributed by atoms with Crippen LogP contribution >= 0.6 is 0 Å². The molecular weight excluding hydrogens is 1690 g/mol. The van der Waals surface area contributed by atoms with Crippen molar-refractivity contribution in [3.8, 4) is 6.07 Å². The highest BCUT2D eigenvalue weighted by atomic mass is 16.5. The molecule has 0 aromatic heterocycles. The van der Waals surface area contributed by atoms with Gasteiger partial charge in [0.1, 0.15) is 0 Å². The third-order valence-corrected chi connectivity index (χ3v) is 33.0. The number of carbonyl (C=O) groups excluding carboxylic acids is 3. The predicted molar refractivity (Wildman–Crippen MR) is 582 cm³/mol. The SMILES string of the molecule is CC(=O)N1CC(C)CC(C(C)(C)C)C1.CC(C)OC1CC(C(C)(C)C)CN(C)C1.CC1CC(C#N)CC(C(C)(C)C)C1.CC1CCCC(C(C)(C)C)C1.CCOC(=O)C1CC(C(C)(C)C)CN(C)C1.CCOC1CC(C(C)(C)C)CN(C)C1.CN1CC(C(=O)N2CCC2)CC(C(C)(C)C)C1.CN1CC(O)CC(C(C)(C)C)C1.CN1CCCC(C(C)(C)C)C1.COC1CC(C(C)(C)C)CN(C)C1. The summed E-state index contributed by atoms with van der Waals surface area (Å²) in [5.41, 5.74) is 3.87. The highest BCUT2D eigenvalue weighted by Crippen LogP contribution is 2.46. The maximum atomic E-state index is 12.3.